The Morgan fingerprint density at radius 1 is 1.43 bits per heavy atom. The topological polar surface area (TPSA) is 64.4 Å². The second kappa shape index (κ2) is 7.19. The molecular weight excluding hydrogens is 288 g/mol. The van der Waals surface area contributed by atoms with Gasteiger partial charge in [-0.1, -0.05) is 13.0 Å². The van der Waals surface area contributed by atoms with Crippen LogP contribution < -0.4 is 10.1 Å². The maximum atomic E-state index is 10.9. The monoisotopic (exact) mass is 306 g/mol. The molecule has 0 saturated carbocycles. The zero-order chi connectivity index (χ0) is 15.2. The number of non-ortho nitro benzene ring substituents is 1. The molecule has 0 fully saturated rings. The van der Waals surface area contributed by atoms with Crippen LogP contribution in [0, 0.1) is 10.1 Å². The van der Waals surface area contributed by atoms with E-state index in [9.17, 15) is 10.1 Å². The van der Waals surface area contributed by atoms with Gasteiger partial charge in [0.15, 0.2) is 0 Å². The van der Waals surface area contributed by atoms with Crippen molar-refractivity contribution in [2.75, 3.05) is 7.11 Å². The second-order valence-corrected chi connectivity index (χ2v) is 5.63. The summed E-state index contributed by atoms with van der Waals surface area (Å²) in [6.07, 6.45) is 0.965. The maximum Gasteiger partial charge on any atom is 0.273 e. The third kappa shape index (κ3) is 4.03. The summed E-state index contributed by atoms with van der Waals surface area (Å²) in [5, 5.41) is 16.4. The number of nitro benzene ring substituents is 1. The number of thiophene rings is 1. The Morgan fingerprint density at radius 3 is 2.81 bits per heavy atom. The van der Waals surface area contributed by atoms with Crippen LogP contribution in [0.5, 0.6) is 5.75 Å². The molecule has 1 aromatic heterocycles. The first kappa shape index (κ1) is 15.5. The Labute approximate surface area is 127 Å². The molecule has 2 rings (SSSR count). The van der Waals surface area contributed by atoms with Crippen LogP contribution in [0.3, 0.4) is 0 Å². The third-order valence-corrected chi connectivity index (χ3v) is 4.23. The molecule has 0 aliphatic heterocycles. The van der Waals surface area contributed by atoms with Crippen molar-refractivity contribution in [2.24, 2.45) is 0 Å². The van der Waals surface area contributed by atoms with E-state index < -0.39 is 4.92 Å². The van der Waals surface area contributed by atoms with E-state index in [-0.39, 0.29) is 11.7 Å². The summed E-state index contributed by atoms with van der Waals surface area (Å²) < 4.78 is 5.12. The minimum atomic E-state index is -0.400. The highest BCUT2D eigenvalue weighted by Gasteiger charge is 2.13. The summed E-state index contributed by atoms with van der Waals surface area (Å²) in [6, 6.07) is 9.22. The van der Waals surface area contributed by atoms with Gasteiger partial charge in [-0.15, -0.1) is 11.3 Å². The quantitative estimate of drug-likeness (QED) is 0.622. The highest BCUT2D eigenvalue weighted by Crippen LogP contribution is 2.25. The van der Waals surface area contributed by atoms with Crippen molar-refractivity contribution in [1.82, 2.24) is 5.32 Å². The van der Waals surface area contributed by atoms with Crippen molar-refractivity contribution in [3.8, 4) is 5.75 Å². The van der Waals surface area contributed by atoms with Crippen LogP contribution in [0.15, 0.2) is 35.7 Å². The number of ether oxygens (including phenoxy) is 1. The first-order valence-corrected chi connectivity index (χ1v) is 7.61. The smallest absolute Gasteiger partial charge is 0.273 e. The average molecular weight is 306 g/mol. The van der Waals surface area contributed by atoms with E-state index in [1.54, 1.807) is 17.4 Å². The lowest BCUT2D eigenvalue weighted by molar-refractivity contribution is -0.385. The van der Waals surface area contributed by atoms with Gasteiger partial charge in [0.05, 0.1) is 18.1 Å². The molecule has 0 saturated heterocycles. The molecule has 0 amide bonds. The lowest BCUT2D eigenvalue weighted by atomic mass is 10.1. The van der Waals surface area contributed by atoms with Gasteiger partial charge in [-0.25, -0.2) is 0 Å². The normalized spacial score (nSPS) is 12.1. The molecule has 112 valence electrons. The Kier molecular flexibility index (Phi) is 5.30. The SMILES string of the molecule is CCC(NCc1cc(OC)cc([N+](=O)[O-])c1)c1cccs1. The number of nitrogens with one attached hydrogen (secondary N) is 1. The largest absolute Gasteiger partial charge is 0.496 e. The zero-order valence-corrected chi connectivity index (χ0v) is 12.9. The van der Waals surface area contributed by atoms with Crippen molar-refractivity contribution in [1.29, 1.82) is 0 Å². The van der Waals surface area contributed by atoms with Crippen molar-refractivity contribution >= 4 is 17.0 Å². The number of hydrogen-bond donors (Lipinski definition) is 1. The van der Waals surface area contributed by atoms with E-state index in [0.29, 0.717) is 12.3 Å². The number of rotatable bonds is 7. The number of nitro groups is 1. The molecule has 0 aliphatic carbocycles. The first-order chi connectivity index (χ1) is 10.1. The van der Waals surface area contributed by atoms with Gasteiger partial charge in [-0.05, 0) is 29.5 Å². The molecule has 1 aromatic carbocycles. The summed E-state index contributed by atoms with van der Waals surface area (Å²) >= 11 is 1.71. The van der Waals surface area contributed by atoms with Crippen LogP contribution in [0.4, 0.5) is 5.69 Å². The Morgan fingerprint density at radius 2 is 2.24 bits per heavy atom. The van der Waals surface area contributed by atoms with Crippen LogP contribution in [0.1, 0.15) is 29.8 Å². The Hall–Kier alpha value is -1.92. The van der Waals surface area contributed by atoms with Crippen molar-refractivity contribution in [3.05, 3.63) is 56.3 Å². The predicted octanol–water partition coefficient (Wildman–Crippen LogP) is 3.91. The van der Waals surface area contributed by atoms with Crippen LogP contribution in [-0.2, 0) is 6.54 Å². The van der Waals surface area contributed by atoms with E-state index in [2.05, 4.69) is 23.7 Å². The molecule has 1 unspecified atom stereocenters. The molecule has 0 aliphatic rings. The van der Waals surface area contributed by atoms with Crippen molar-refractivity contribution in [3.63, 3.8) is 0 Å². The van der Waals surface area contributed by atoms with Gasteiger partial charge in [0, 0.05) is 23.5 Å². The first-order valence-electron chi connectivity index (χ1n) is 6.73. The van der Waals surface area contributed by atoms with Gasteiger partial charge in [0.2, 0.25) is 0 Å². The van der Waals surface area contributed by atoms with E-state index in [1.807, 2.05) is 12.1 Å². The molecule has 1 N–H and O–H groups in total. The summed E-state index contributed by atoms with van der Waals surface area (Å²) in [4.78, 5) is 11.8. The summed E-state index contributed by atoms with van der Waals surface area (Å²) in [7, 11) is 1.51. The minimum absolute atomic E-state index is 0.0512. The van der Waals surface area contributed by atoms with Gasteiger partial charge < -0.3 is 10.1 Å². The fraction of sp³-hybridized carbons (Fsp3) is 0.333. The molecular formula is C15H18N2O3S. The molecule has 6 heteroatoms. The van der Waals surface area contributed by atoms with Crippen LogP contribution >= 0.6 is 11.3 Å². The highest BCUT2D eigenvalue weighted by atomic mass is 32.1. The Bertz CT molecular complexity index is 599. The van der Waals surface area contributed by atoms with Gasteiger partial charge >= 0.3 is 0 Å². The standard InChI is InChI=1S/C15H18N2O3S/c1-3-14(15-5-4-6-21-15)16-10-11-7-12(17(18)19)9-13(8-11)20-2/h4-9,14,16H,3,10H2,1-2H3. The fourth-order valence-corrected chi connectivity index (χ4v) is 3.03. The van der Waals surface area contributed by atoms with E-state index in [1.165, 1.54) is 18.1 Å². The van der Waals surface area contributed by atoms with Gasteiger partial charge in [0.25, 0.3) is 5.69 Å². The maximum absolute atomic E-state index is 10.9. The molecule has 5 nitrogen and oxygen atoms in total. The summed E-state index contributed by atoms with van der Waals surface area (Å²) in [5.74, 6) is 0.505. The minimum Gasteiger partial charge on any atom is -0.496 e. The van der Waals surface area contributed by atoms with Crippen molar-refractivity contribution < 1.29 is 9.66 Å². The van der Waals surface area contributed by atoms with Gasteiger partial charge in [-0.3, -0.25) is 10.1 Å². The van der Waals surface area contributed by atoms with Crippen molar-refractivity contribution in [2.45, 2.75) is 25.9 Å². The number of nitrogens with zero attached hydrogens (tertiary/aromatic N) is 1. The fourth-order valence-electron chi connectivity index (χ4n) is 2.15. The summed E-state index contributed by atoms with van der Waals surface area (Å²) in [5.41, 5.74) is 0.895. The zero-order valence-electron chi connectivity index (χ0n) is 12.0. The van der Waals surface area contributed by atoms with Gasteiger partial charge in [-0.2, -0.15) is 0 Å². The van der Waals surface area contributed by atoms with E-state index >= 15 is 0 Å². The molecule has 1 atom stereocenters. The number of hydrogen-bond acceptors (Lipinski definition) is 5. The predicted molar refractivity (Wildman–Crippen MR) is 83.8 cm³/mol. The molecule has 0 spiro atoms. The summed E-state index contributed by atoms with van der Waals surface area (Å²) in [6.45, 7) is 2.68. The lowest BCUT2D eigenvalue weighted by Gasteiger charge is -2.15. The number of methoxy groups -OCH3 is 1. The molecule has 0 bridgehead atoms. The van der Waals surface area contributed by atoms with Crippen LogP contribution in [-0.4, -0.2) is 12.0 Å². The van der Waals surface area contributed by atoms with E-state index in [4.69, 9.17) is 4.74 Å². The molecule has 2 aromatic rings. The van der Waals surface area contributed by atoms with Crippen LogP contribution in [0.2, 0.25) is 0 Å². The molecule has 21 heavy (non-hydrogen) atoms. The highest BCUT2D eigenvalue weighted by molar-refractivity contribution is 7.10. The second-order valence-electron chi connectivity index (χ2n) is 4.65. The van der Waals surface area contributed by atoms with E-state index in [0.717, 1.165) is 12.0 Å². The number of benzene rings is 1. The average Bonchev–Trinajstić information content (AvgIpc) is 3.01. The lowest BCUT2D eigenvalue weighted by Crippen LogP contribution is -2.19. The molecule has 0 radical (unpaired) electrons. The third-order valence-electron chi connectivity index (χ3n) is 3.25. The molecule has 1 heterocycles. The Balaban J connectivity index is 2.11. The van der Waals surface area contributed by atoms with Gasteiger partial charge in [0.1, 0.15) is 5.75 Å². The van der Waals surface area contributed by atoms with Crippen LogP contribution in [0.25, 0.3) is 0 Å².